The Bertz CT molecular complexity index is 2020. The third kappa shape index (κ3) is 12.3. The summed E-state index contributed by atoms with van der Waals surface area (Å²) in [5.74, 6) is 9.80. The van der Waals surface area contributed by atoms with Gasteiger partial charge in [-0.25, -0.2) is 0 Å². The average Bonchev–Trinajstić information content (AvgIpc) is 4.18. The molecular weight excluding hydrogens is 1280 g/mol. The van der Waals surface area contributed by atoms with Crippen LogP contribution >= 0.6 is 0 Å². The molecule has 0 bridgehead atoms. The van der Waals surface area contributed by atoms with Crippen LogP contribution in [-0.4, -0.2) is 22.4 Å². The molecule has 11 aliphatic carbocycles. The van der Waals surface area contributed by atoms with Gasteiger partial charge >= 0.3 is 0 Å². The summed E-state index contributed by atoms with van der Waals surface area (Å²) in [6.07, 6.45) is 54.0. The fourth-order valence-electron chi connectivity index (χ4n) is 16.5. The van der Waals surface area contributed by atoms with E-state index in [0.717, 1.165) is 73.0 Å². The van der Waals surface area contributed by atoms with Crippen molar-refractivity contribution < 1.29 is 98.3 Å². The molecule has 0 aromatic carbocycles. The molecule has 376 valence electrons. The maximum absolute atomic E-state index is 10.1. The van der Waals surface area contributed by atoms with Gasteiger partial charge in [0.25, 0.3) is 0 Å². The van der Waals surface area contributed by atoms with Crippen molar-refractivity contribution in [2.24, 2.45) is 74.9 Å². The number of rotatable bonds is 4. The normalized spacial score (nSPS) is 41.0. The average molecular weight is 1370 g/mol. The second-order valence-corrected chi connectivity index (χ2v) is 24.5. The number of aliphatic hydroxyl groups is 2. The Morgan fingerprint density at radius 1 is 0.486 bits per heavy atom. The zero-order valence-corrected chi connectivity index (χ0v) is 54.8. The molecule has 2 radical (unpaired) electrons. The summed E-state index contributed by atoms with van der Waals surface area (Å²) in [4.78, 5) is 0. The topological polar surface area (TPSA) is 40.5 Å². The van der Waals surface area contributed by atoms with Crippen molar-refractivity contribution in [1.29, 1.82) is 0 Å². The van der Waals surface area contributed by atoms with Crippen molar-refractivity contribution in [3.63, 3.8) is 0 Å². The number of hydrogen-bond acceptors (Lipinski definition) is 2. The molecule has 4 fully saturated rings. The van der Waals surface area contributed by atoms with Crippen LogP contribution < -0.4 is 0 Å². The van der Waals surface area contributed by atoms with Gasteiger partial charge in [0.1, 0.15) is 0 Å². The largest absolute Gasteiger partial charge is 0.393 e. The third-order valence-corrected chi connectivity index (χ3v) is 21.1. The molecule has 2 N–H and O–H groups in total. The molecule has 70 heavy (non-hydrogen) atoms. The van der Waals surface area contributed by atoms with Crippen LogP contribution in [0.15, 0.2) is 132 Å². The fraction of sp³-hybridized carbons (Fsp3) is 0.636. The van der Waals surface area contributed by atoms with Crippen LogP contribution in [0.2, 0.25) is 0 Å². The standard InChI is InChI=1S/2C21H30O.2C8H12.C8H10.2Ac/c2*1-4-14-6-8-18-17-7-5-15-13-16(22)9-11-21(15,3)19(17)10-12-20(14,18)2;3*1-3-8-6-4-5-7(8)2;;/h2*4-6,16-19,22H,1,7-13H2,2-3H3;2*3,6-7H,1,4-5H2,2H3;1,6-7H,4-5H2,2H3;;/t16?,17?,18?,19?,20?,21-;16?,17?,18?,19?,20-,21+;7-;;;;/m011..../s1. The van der Waals surface area contributed by atoms with E-state index in [2.05, 4.69) is 135 Å². The number of terminal acetylenes is 1. The maximum atomic E-state index is 10.1. The molecule has 4 heteroatoms. The van der Waals surface area contributed by atoms with Gasteiger partial charge in [-0.15, -0.1) is 6.42 Å². The van der Waals surface area contributed by atoms with E-state index in [-0.39, 0.29) is 100 Å². The Morgan fingerprint density at radius 3 is 1.17 bits per heavy atom. The van der Waals surface area contributed by atoms with E-state index in [1.165, 1.54) is 131 Å². The van der Waals surface area contributed by atoms with Crippen molar-refractivity contribution in [3.8, 4) is 12.3 Å². The summed E-state index contributed by atoms with van der Waals surface area (Å²) >= 11 is 0. The summed E-state index contributed by atoms with van der Waals surface area (Å²) in [6.45, 7) is 32.2. The van der Waals surface area contributed by atoms with Crippen molar-refractivity contribution in [2.45, 2.75) is 189 Å². The van der Waals surface area contributed by atoms with Crippen LogP contribution in [0.3, 0.4) is 0 Å². The number of aliphatic hydroxyl groups excluding tert-OH is 2. The van der Waals surface area contributed by atoms with E-state index in [9.17, 15) is 10.2 Å². The predicted octanol–water partition coefficient (Wildman–Crippen LogP) is 17.1. The van der Waals surface area contributed by atoms with Crippen LogP contribution in [0.4, 0.5) is 0 Å². The first-order chi connectivity index (χ1) is 32.5. The molecule has 2 nitrogen and oxygen atoms in total. The molecule has 4 saturated carbocycles. The van der Waals surface area contributed by atoms with Crippen LogP contribution in [0.5, 0.6) is 0 Å². The van der Waals surface area contributed by atoms with E-state index in [1.807, 2.05) is 12.2 Å². The summed E-state index contributed by atoms with van der Waals surface area (Å²) < 4.78 is 0. The Hall–Kier alpha value is -0.497. The van der Waals surface area contributed by atoms with E-state index in [0.29, 0.717) is 27.6 Å². The van der Waals surface area contributed by atoms with Gasteiger partial charge < -0.3 is 10.2 Å². The SMILES string of the molecule is C#CC1=CCCC1C.C=CC1=CCC2C3CC=C4CC(O)CC[C@]4(C)C3CCC12C.C=CC1=CCC2C3CC=C4CC(O)CC[C@]4(C)C3CC[C@]12C.C=CC1=CCCC1C.C=CC1=CCC[C@H]1C.[Ac].[Ac]. The van der Waals surface area contributed by atoms with Crippen LogP contribution in [0, 0.1) is 175 Å². The molecule has 0 heterocycles. The van der Waals surface area contributed by atoms with Crippen molar-refractivity contribution >= 4 is 0 Å². The minimum absolute atomic E-state index is 0. The van der Waals surface area contributed by atoms with Crippen LogP contribution in [0.25, 0.3) is 0 Å². The first kappa shape index (κ1) is 60.4. The van der Waals surface area contributed by atoms with Gasteiger partial charge in [0, 0.05) is 93.7 Å². The summed E-state index contributed by atoms with van der Waals surface area (Å²) in [5.41, 5.74) is 11.7. The maximum Gasteiger partial charge on any atom is 0.0577 e. The van der Waals surface area contributed by atoms with Gasteiger partial charge in [-0.3, -0.25) is 0 Å². The molecule has 0 aliphatic heterocycles. The Labute approximate surface area is 501 Å². The Kier molecular flexibility index (Phi) is 22.5. The van der Waals surface area contributed by atoms with Gasteiger partial charge in [0.2, 0.25) is 0 Å². The summed E-state index contributed by atoms with van der Waals surface area (Å²) in [7, 11) is 0. The van der Waals surface area contributed by atoms with Crippen molar-refractivity contribution in [1.82, 2.24) is 0 Å². The first-order valence-corrected chi connectivity index (χ1v) is 27.7. The van der Waals surface area contributed by atoms with Gasteiger partial charge in [-0.1, -0.05) is 159 Å². The molecule has 0 amide bonds. The van der Waals surface area contributed by atoms with E-state index < -0.39 is 0 Å². The van der Waals surface area contributed by atoms with Gasteiger partial charge in [-0.05, 0) is 226 Å². The Balaban J connectivity index is 0.000000176. The Morgan fingerprint density at radius 2 is 0.871 bits per heavy atom. The van der Waals surface area contributed by atoms with Gasteiger partial charge in [0.15, 0.2) is 0 Å². The monoisotopic (exact) mass is 1370 g/mol. The first-order valence-electron chi connectivity index (χ1n) is 27.7. The molecule has 15 atom stereocenters. The molecule has 0 spiro atoms. The van der Waals surface area contributed by atoms with Crippen LogP contribution in [0.1, 0.15) is 177 Å². The van der Waals surface area contributed by atoms with E-state index in [4.69, 9.17) is 6.42 Å². The molecule has 11 rings (SSSR count). The second-order valence-electron chi connectivity index (χ2n) is 24.5. The second kappa shape index (κ2) is 26.0. The number of fused-ring (bicyclic) bond motifs is 10. The fourth-order valence-corrected chi connectivity index (χ4v) is 16.5. The number of hydrogen-bond donors (Lipinski definition) is 2. The third-order valence-electron chi connectivity index (χ3n) is 21.1. The molecule has 0 aromatic rings. The summed E-state index contributed by atoms with van der Waals surface area (Å²) in [6, 6.07) is 0. The molecule has 11 unspecified atom stereocenters. The minimum Gasteiger partial charge on any atom is -0.393 e. The molecule has 0 aromatic heterocycles. The zero-order chi connectivity index (χ0) is 49.0. The smallest absolute Gasteiger partial charge is 0.0577 e. The van der Waals surface area contributed by atoms with E-state index in [1.54, 1.807) is 11.1 Å². The zero-order valence-electron chi connectivity index (χ0n) is 45.3. The minimum atomic E-state index is -0.0924. The predicted molar refractivity (Wildman–Crippen MR) is 291 cm³/mol. The molecular formula is C66H94Ac2O2. The summed E-state index contributed by atoms with van der Waals surface area (Å²) in [5, 5.41) is 20.1. The quantitative estimate of drug-likeness (QED) is 0.218. The van der Waals surface area contributed by atoms with E-state index >= 15 is 0 Å². The van der Waals surface area contributed by atoms with Crippen molar-refractivity contribution in [2.75, 3.05) is 0 Å². The molecule has 0 saturated heterocycles. The van der Waals surface area contributed by atoms with Crippen LogP contribution in [-0.2, 0) is 0 Å². The van der Waals surface area contributed by atoms with Gasteiger partial charge in [0.05, 0.1) is 12.2 Å². The number of allylic oxidation sites excluding steroid dienone is 16. The molecule has 11 aliphatic rings. The van der Waals surface area contributed by atoms with Gasteiger partial charge in [-0.2, -0.15) is 0 Å². The van der Waals surface area contributed by atoms with Crippen molar-refractivity contribution in [3.05, 3.63) is 132 Å².